The van der Waals surface area contributed by atoms with E-state index in [1.165, 1.54) is 38.5 Å². The van der Waals surface area contributed by atoms with E-state index in [-0.39, 0.29) is 17.6 Å². The SMILES string of the molecule is CC(C)(C)OC(=O)NC1CCN(C(=O)CC23CC4CC(CC(Br)(C4)C2)C3)CC1. The highest BCUT2D eigenvalue weighted by Crippen LogP contribution is 2.65. The number of rotatable bonds is 3. The number of alkyl carbamates (subject to hydrolysis) is 1. The molecule has 5 fully saturated rings. The summed E-state index contributed by atoms with van der Waals surface area (Å²) in [5, 5.41) is 2.96. The number of amides is 2. The van der Waals surface area contributed by atoms with Crippen molar-refractivity contribution in [3.63, 3.8) is 0 Å². The molecule has 0 radical (unpaired) electrons. The molecule has 158 valence electrons. The summed E-state index contributed by atoms with van der Waals surface area (Å²) in [5.41, 5.74) is -0.248. The summed E-state index contributed by atoms with van der Waals surface area (Å²) in [7, 11) is 0. The van der Waals surface area contributed by atoms with Crippen LogP contribution in [0.25, 0.3) is 0 Å². The summed E-state index contributed by atoms with van der Waals surface area (Å²) in [4.78, 5) is 27.1. The molecular formula is C22H35BrN2O3. The van der Waals surface area contributed by atoms with Gasteiger partial charge in [0.2, 0.25) is 5.91 Å². The third-order valence-corrected chi connectivity index (χ3v) is 8.13. The van der Waals surface area contributed by atoms with Crippen LogP contribution in [0.3, 0.4) is 0 Å². The molecule has 0 aromatic carbocycles. The zero-order valence-electron chi connectivity index (χ0n) is 17.6. The van der Waals surface area contributed by atoms with E-state index in [2.05, 4.69) is 21.2 Å². The minimum absolute atomic E-state index is 0.101. The van der Waals surface area contributed by atoms with E-state index < -0.39 is 5.60 Å². The number of alkyl halides is 1. The molecule has 5 aliphatic rings. The molecular weight excluding hydrogens is 420 g/mol. The van der Waals surface area contributed by atoms with E-state index >= 15 is 0 Å². The maximum atomic E-state index is 13.1. The lowest BCUT2D eigenvalue weighted by atomic mass is 9.48. The van der Waals surface area contributed by atoms with E-state index in [0.29, 0.717) is 10.2 Å². The van der Waals surface area contributed by atoms with Crippen LogP contribution in [-0.2, 0) is 9.53 Å². The fourth-order valence-electron chi connectivity index (χ4n) is 6.72. The molecule has 0 aromatic rings. The molecule has 5 rings (SSSR count). The van der Waals surface area contributed by atoms with Gasteiger partial charge in [0.15, 0.2) is 0 Å². The zero-order valence-corrected chi connectivity index (χ0v) is 19.1. The largest absolute Gasteiger partial charge is 0.444 e. The normalized spacial score (nSPS) is 37.8. The average Bonchev–Trinajstić information content (AvgIpc) is 2.50. The van der Waals surface area contributed by atoms with Crippen LogP contribution in [0, 0.1) is 17.3 Å². The molecule has 0 aromatic heterocycles. The Labute approximate surface area is 177 Å². The standard InChI is InChI=1S/C22H35BrN2O3/c1-20(2,3)28-19(27)24-17-4-6-25(7-5-17)18(26)13-21-9-15-8-16(10-21)12-22(23,11-15)14-21/h15-17H,4-14H2,1-3H3,(H,24,27). The average molecular weight is 455 g/mol. The number of likely N-dealkylation sites (tertiary alicyclic amines) is 1. The molecule has 6 heteroatoms. The number of carbonyl (C=O) groups excluding carboxylic acids is 2. The van der Waals surface area contributed by atoms with Crippen LogP contribution in [-0.4, -0.2) is 46.0 Å². The summed E-state index contributed by atoms with van der Waals surface area (Å²) in [6.07, 6.45) is 9.66. The van der Waals surface area contributed by atoms with Crippen LogP contribution in [0.1, 0.15) is 78.6 Å². The van der Waals surface area contributed by atoms with Crippen molar-refractivity contribution in [1.82, 2.24) is 10.2 Å². The van der Waals surface area contributed by atoms with Gasteiger partial charge in [-0.1, -0.05) is 15.9 Å². The van der Waals surface area contributed by atoms with Gasteiger partial charge in [-0.2, -0.15) is 0 Å². The molecule has 1 aliphatic heterocycles. The van der Waals surface area contributed by atoms with Crippen molar-refractivity contribution in [3.05, 3.63) is 0 Å². The third-order valence-electron chi connectivity index (χ3n) is 7.21. The first-order valence-corrected chi connectivity index (χ1v) is 11.8. The molecule has 4 bridgehead atoms. The first-order chi connectivity index (χ1) is 13.0. The number of nitrogens with one attached hydrogen (secondary N) is 1. The Bertz CT molecular complexity index is 622. The molecule has 2 atom stereocenters. The van der Waals surface area contributed by atoms with E-state index in [0.717, 1.165) is 44.2 Å². The summed E-state index contributed by atoms with van der Waals surface area (Å²) in [6.45, 7) is 7.09. The Morgan fingerprint density at radius 1 is 1.11 bits per heavy atom. The summed E-state index contributed by atoms with van der Waals surface area (Å²) in [6, 6.07) is 0.101. The fraction of sp³-hybridized carbons (Fsp3) is 0.909. The van der Waals surface area contributed by atoms with Crippen molar-refractivity contribution in [2.24, 2.45) is 17.3 Å². The van der Waals surface area contributed by atoms with Gasteiger partial charge in [0, 0.05) is 29.9 Å². The number of hydrogen-bond acceptors (Lipinski definition) is 3. The zero-order chi connectivity index (χ0) is 20.2. The smallest absolute Gasteiger partial charge is 0.407 e. The predicted molar refractivity (Wildman–Crippen MR) is 112 cm³/mol. The molecule has 28 heavy (non-hydrogen) atoms. The Kier molecular flexibility index (Phi) is 5.25. The van der Waals surface area contributed by atoms with E-state index in [9.17, 15) is 9.59 Å². The lowest BCUT2D eigenvalue weighted by Gasteiger charge is -2.60. The van der Waals surface area contributed by atoms with Crippen molar-refractivity contribution >= 4 is 27.9 Å². The molecule has 1 saturated heterocycles. The highest BCUT2D eigenvalue weighted by Gasteiger charge is 2.57. The first kappa shape index (κ1) is 20.5. The van der Waals surface area contributed by atoms with E-state index in [4.69, 9.17) is 4.74 Å². The highest BCUT2D eigenvalue weighted by molar-refractivity contribution is 9.10. The van der Waals surface area contributed by atoms with Gasteiger partial charge < -0.3 is 15.0 Å². The number of ether oxygens (including phenoxy) is 1. The Morgan fingerprint density at radius 2 is 1.71 bits per heavy atom. The van der Waals surface area contributed by atoms with Crippen LogP contribution < -0.4 is 5.32 Å². The quantitative estimate of drug-likeness (QED) is 0.632. The van der Waals surface area contributed by atoms with Crippen LogP contribution in [0.15, 0.2) is 0 Å². The molecule has 1 heterocycles. The van der Waals surface area contributed by atoms with Crippen LogP contribution in [0.4, 0.5) is 4.79 Å². The van der Waals surface area contributed by atoms with Gasteiger partial charge in [0.05, 0.1) is 0 Å². The van der Waals surface area contributed by atoms with Gasteiger partial charge in [0.1, 0.15) is 5.60 Å². The first-order valence-electron chi connectivity index (χ1n) is 11.0. The Morgan fingerprint density at radius 3 is 2.25 bits per heavy atom. The minimum Gasteiger partial charge on any atom is -0.444 e. The molecule has 1 N–H and O–H groups in total. The van der Waals surface area contributed by atoms with Crippen molar-refractivity contribution in [3.8, 4) is 0 Å². The highest BCUT2D eigenvalue weighted by atomic mass is 79.9. The molecule has 4 aliphatic carbocycles. The maximum Gasteiger partial charge on any atom is 0.407 e. The topological polar surface area (TPSA) is 58.6 Å². The lowest BCUT2D eigenvalue weighted by molar-refractivity contribution is -0.139. The number of piperidine rings is 1. The number of carbonyl (C=O) groups is 2. The van der Waals surface area contributed by atoms with Gasteiger partial charge >= 0.3 is 6.09 Å². The fourth-order valence-corrected chi connectivity index (χ4v) is 8.23. The number of halogens is 1. The van der Waals surface area contributed by atoms with Gasteiger partial charge in [-0.25, -0.2) is 4.79 Å². The Balaban J connectivity index is 1.28. The lowest BCUT2D eigenvalue weighted by Crippen LogP contribution is -2.55. The van der Waals surface area contributed by atoms with Crippen LogP contribution in [0.5, 0.6) is 0 Å². The summed E-state index contributed by atoms with van der Waals surface area (Å²) < 4.78 is 5.66. The number of nitrogens with zero attached hydrogens (tertiary/aromatic N) is 1. The van der Waals surface area contributed by atoms with E-state index in [1.54, 1.807) is 0 Å². The maximum absolute atomic E-state index is 13.1. The van der Waals surface area contributed by atoms with E-state index in [1.807, 2.05) is 25.7 Å². The van der Waals surface area contributed by atoms with Crippen molar-refractivity contribution in [1.29, 1.82) is 0 Å². The van der Waals surface area contributed by atoms with Gasteiger partial charge in [-0.15, -0.1) is 0 Å². The molecule has 5 nitrogen and oxygen atoms in total. The molecule has 2 unspecified atom stereocenters. The van der Waals surface area contributed by atoms with Gasteiger partial charge in [-0.05, 0) is 89.4 Å². The second-order valence-electron chi connectivity index (χ2n) is 11.1. The predicted octanol–water partition coefficient (Wildman–Crippen LogP) is 4.63. The van der Waals surface area contributed by atoms with Crippen LogP contribution in [0.2, 0.25) is 0 Å². The monoisotopic (exact) mass is 454 g/mol. The Hall–Kier alpha value is -0.780. The van der Waals surface area contributed by atoms with Gasteiger partial charge in [0.25, 0.3) is 0 Å². The third kappa shape index (κ3) is 4.52. The number of hydrogen-bond donors (Lipinski definition) is 1. The second-order valence-corrected chi connectivity index (χ2v) is 12.8. The molecule has 2 amide bonds. The summed E-state index contributed by atoms with van der Waals surface area (Å²) >= 11 is 4.05. The minimum atomic E-state index is -0.481. The van der Waals surface area contributed by atoms with Gasteiger partial charge in [-0.3, -0.25) is 4.79 Å². The van der Waals surface area contributed by atoms with Crippen molar-refractivity contribution < 1.29 is 14.3 Å². The van der Waals surface area contributed by atoms with Crippen LogP contribution >= 0.6 is 15.9 Å². The van der Waals surface area contributed by atoms with Crippen molar-refractivity contribution in [2.75, 3.05) is 13.1 Å². The molecule has 0 spiro atoms. The summed E-state index contributed by atoms with van der Waals surface area (Å²) in [5.74, 6) is 1.96. The molecule has 4 saturated carbocycles. The van der Waals surface area contributed by atoms with Crippen molar-refractivity contribution in [2.45, 2.75) is 94.5 Å². The second kappa shape index (κ2) is 7.17.